The van der Waals surface area contributed by atoms with Gasteiger partial charge in [0, 0.05) is 42.0 Å². The normalized spacial score (nSPS) is 27.8. The predicted octanol–water partition coefficient (Wildman–Crippen LogP) is 17.4. The summed E-state index contributed by atoms with van der Waals surface area (Å²) in [6, 6.07) is 8.61. The van der Waals surface area contributed by atoms with Crippen LogP contribution in [0.3, 0.4) is 0 Å². The predicted molar refractivity (Wildman–Crippen MR) is 304 cm³/mol. The van der Waals surface area contributed by atoms with Gasteiger partial charge in [0.25, 0.3) is 0 Å². The minimum atomic E-state index is -0.466. The van der Waals surface area contributed by atoms with E-state index in [1.165, 1.54) is 64.0 Å². The fourth-order valence-electron chi connectivity index (χ4n) is 13.4. The van der Waals surface area contributed by atoms with E-state index in [0.29, 0.717) is 54.4 Å². The highest BCUT2D eigenvalue weighted by molar-refractivity contribution is 5.91. The van der Waals surface area contributed by atoms with E-state index in [4.69, 9.17) is 10.8 Å². The molecule has 0 saturated heterocycles. The maximum atomic E-state index is 11.2. The number of amidine groups is 1. The fourth-order valence-corrected chi connectivity index (χ4v) is 13.4. The number of aldehydes is 1. The smallest absolute Gasteiger partial charge is 0.126 e. The van der Waals surface area contributed by atoms with Crippen molar-refractivity contribution < 1.29 is 14.3 Å². The van der Waals surface area contributed by atoms with Gasteiger partial charge in [-0.2, -0.15) is 0 Å². The molecule has 6 nitrogen and oxygen atoms in total. The Hall–Kier alpha value is -3.55. The number of rotatable bonds is 12. The van der Waals surface area contributed by atoms with E-state index >= 15 is 0 Å². The van der Waals surface area contributed by atoms with Crippen LogP contribution in [0.25, 0.3) is 5.70 Å². The number of nitrogens with one attached hydrogen (secondary N) is 1. The highest BCUT2D eigenvalue weighted by atomic mass is 19.1. The van der Waals surface area contributed by atoms with Gasteiger partial charge in [-0.25, -0.2) is 4.39 Å². The van der Waals surface area contributed by atoms with Crippen molar-refractivity contribution in [1.82, 2.24) is 4.90 Å². The van der Waals surface area contributed by atoms with Crippen molar-refractivity contribution in [3.63, 3.8) is 0 Å². The Bertz CT molecular complexity index is 1810. The third-order valence-corrected chi connectivity index (χ3v) is 16.3. The minimum absolute atomic E-state index is 0. The second-order valence-corrected chi connectivity index (χ2v) is 21.1. The van der Waals surface area contributed by atoms with Crippen molar-refractivity contribution in [2.45, 2.75) is 188 Å². The summed E-state index contributed by atoms with van der Waals surface area (Å²) in [6.07, 6.45) is 17.3. The van der Waals surface area contributed by atoms with Crippen molar-refractivity contribution >= 4 is 17.8 Å². The van der Waals surface area contributed by atoms with Crippen molar-refractivity contribution in [3.05, 3.63) is 103 Å². The molecule has 1 aromatic carbocycles. The maximum Gasteiger partial charge on any atom is 0.126 e. The van der Waals surface area contributed by atoms with Gasteiger partial charge in [-0.15, -0.1) is 13.2 Å². The number of carbonyl (C=O) groups excluding carboxylic acids is 1. The summed E-state index contributed by atoms with van der Waals surface area (Å²) in [6.45, 7) is 50.9. The third-order valence-electron chi connectivity index (χ3n) is 16.3. The number of fused-ring (bicyclic) bond motifs is 7. The highest BCUT2D eigenvalue weighted by Crippen LogP contribution is 2.73. The summed E-state index contributed by atoms with van der Waals surface area (Å²) >= 11 is 0. The molecule has 0 heterocycles. The lowest BCUT2D eigenvalue weighted by Gasteiger charge is -2.65. The molecule has 69 heavy (non-hydrogen) atoms. The van der Waals surface area contributed by atoms with Crippen LogP contribution in [-0.2, 0) is 4.79 Å². The first-order valence-corrected chi connectivity index (χ1v) is 26.6. The Morgan fingerprint density at radius 3 is 1.88 bits per heavy atom. The highest BCUT2D eigenvalue weighted by Gasteiger charge is 2.65. The van der Waals surface area contributed by atoms with E-state index in [1.807, 2.05) is 27.7 Å². The zero-order chi connectivity index (χ0) is 53.0. The number of hydrogen-bond acceptors (Lipinski definition) is 5. The topological polar surface area (TPSA) is 116 Å². The van der Waals surface area contributed by atoms with E-state index in [1.54, 1.807) is 37.5 Å². The summed E-state index contributed by atoms with van der Waals surface area (Å²) in [7, 11) is 1.50. The van der Waals surface area contributed by atoms with Crippen LogP contribution in [-0.4, -0.2) is 42.3 Å². The van der Waals surface area contributed by atoms with Crippen LogP contribution in [0.1, 0.15) is 193 Å². The number of nitrogens with zero attached hydrogens (tertiary/aromatic N) is 1. The lowest BCUT2D eigenvalue weighted by molar-refractivity contribution is -0.134. The van der Waals surface area contributed by atoms with Gasteiger partial charge in [-0.1, -0.05) is 166 Å². The van der Waals surface area contributed by atoms with Crippen molar-refractivity contribution in [1.29, 1.82) is 5.41 Å². The van der Waals surface area contributed by atoms with Gasteiger partial charge in [0.15, 0.2) is 0 Å². The number of benzene rings is 1. The average Bonchev–Trinajstić information content (AvgIpc) is 3.84. The fraction of sp³-hybridized carbons (Fsp3) is 0.677. The SMILES string of the molecule is C.C=C.C=C(F)CC.C=C(O)CC(C)(C)C=O.C=C(c1ccc(C)cc1)N(CCN)C(=N)C(C)C12CCC3C(CCC4C5(C)CCC(C)C5CCC34C)C1=C(C(C)C)/C(=C\CC)C2.CC.CC.CN. The van der Waals surface area contributed by atoms with Crippen LogP contribution in [0.4, 0.5) is 4.39 Å². The number of carbonyl (C=O) groups is 1. The third kappa shape index (κ3) is 15.7. The number of allylic oxidation sites excluding steroid dienone is 6. The van der Waals surface area contributed by atoms with E-state index in [9.17, 15) is 14.6 Å². The first-order chi connectivity index (χ1) is 32.1. The second-order valence-electron chi connectivity index (χ2n) is 21.1. The van der Waals surface area contributed by atoms with Crippen LogP contribution >= 0.6 is 0 Å². The average molecular weight is 962 g/mol. The summed E-state index contributed by atoms with van der Waals surface area (Å²) in [4.78, 5) is 12.4. The lowest BCUT2D eigenvalue weighted by atomic mass is 9.40. The molecule has 7 heteroatoms. The Kier molecular flexibility index (Phi) is 30.4. The lowest BCUT2D eigenvalue weighted by Crippen LogP contribution is -2.57. The zero-order valence-electron chi connectivity index (χ0n) is 46.8. The number of aliphatic hydroxyl groups is 1. The van der Waals surface area contributed by atoms with Gasteiger partial charge >= 0.3 is 0 Å². The van der Waals surface area contributed by atoms with Crippen LogP contribution in [0.2, 0.25) is 0 Å². The van der Waals surface area contributed by atoms with Crippen LogP contribution in [0, 0.1) is 75.4 Å². The van der Waals surface area contributed by atoms with Crippen molar-refractivity contribution in [2.24, 2.45) is 74.6 Å². The molecule has 396 valence electrons. The van der Waals surface area contributed by atoms with Gasteiger partial charge in [-0.3, -0.25) is 5.41 Å². The van der Waals surface area contributed by atoms with Crippen LogP contribution in [0.5, 0.6) is 0 Å². The molecular weight excluding hydrogens is 852 g/mol. The second kappa shape index (κ2) is 31.0. The van der Waals surface area contributed by atoms with Gasteiger partial charge in [0.2, 0.25) is 0 Å². The van der Waals surface area contributed by atoms with Gasteiger partial charge in [0.1, 0.15) is 12.1 Å². The van der Waals surface area contributed by atoms with Gasteiger partial charge < -0.3 is 26.3 Å². The molecule has 4 fully saturated rings. The standard InChI is InChI=1S/C43H65N3.C7H12O2.C4H7F.2C2H6.C2H4.CH5N.CH4/c1-10-11-33-26-43(30(6)40(45)46(25-24-44)31(7)32-14-12-28(4)13-15-32)23-20-36-34(39(43)38(33)27(2)3)16-17-37-41(8)21-18-29(5)35(41)19-22-42(36,37)9;1-6(9)4-7(2,3)5-8;1-3-4(2)5;4*1-2;/h11-15,27,29-30,34-37,45H,7,10,16-26,44H2,1-6,8-9H3;5,9H,1,4H2,2-3H3;2-3H2,1H3;2*1-2H3;1-2H2;2H2,1H3;1H4/b33-11-,45-40?;;;;;;;. The molecule has 0 radical (unpaired) electrons. The Labute approximate surface area is 426 Å². The molecule has 0 amide bonds. The van der Waals surface area contributed by atoms with E-state index in [-0.39, 0.29) is 30.3 Å². The monoisotopic (exact) mass is 961 g/mol. The van der Waals surface area contributed by atoms with Crippen molar-refractivity contribution in [3.8, 4) is 0 Å². The van der Waals surface area contributed by atoms with Crippen LogP contribution in [0.15, 0.2) is 91.5 Å². The van der Waals surface area contributed by atoms with E-state index < -0.39 is 5.41 Å². The number of nitrogens with two attached hydrogens (primary N) is 2. The number of aryl methyl sites for hydroxylation is 1. The molecule has 0 bridgehead atoms. The van der Waals surface area contributed by atoms with E-state index in [0.717, 1.165) is 54.1 Å². The molecule has 5 aliphatic rings. The number of hydrogen-bond donors (Lipinski definition) is 4. The van der Waals surface area contributed by atoms with E-state index in [2.05, 4.69) is 129 Å². The van der Waals surface area contributed by atoms with Gasteiger partial charge in [-0.05, 0) is 148 Å². The summed E-state index contributed by atoms with van der Waals surface area (Å²) in [5.74, 6) is 5.23. The van der Waals surface area contributed by atoms with Gasteiger partial charge in [0.05, 0.1) is 11.6 Å². The molecule has 6 rings (SSSR count). The molecule has 0 aliphatic heterocycles. The van der Waals surface area contributed by atoms with Crippen LogP contribution < -0.4 is 11.5 Å². The van der Waals surface area contributed by atoms with Crippen molar-refractivity contribution in [2.75, 3.05) is 20.1 Å². The summed E-state index contributed by atoms with van der Waals surface area (Å²) < 4.78 is 11.2. The Morgan fingerprint density at radius 2 is 1.43 bits per heavy atom. The molecule has 9 atom stereocenters. The molecule has 1 aromatic rings. The number of halogens is 1. The first-order valence-electron chi connectivity index (χ1n) is 26.6. The molecule has 6 N–H and O–H groups in total. The Balaban J connectivity index is 0. The molecule has 9 unspecified atom stereocenters. The molecule has 4 saturated carbocycles. The summed E-state index contributed by atoms with van der Waals surface area (Å²) in [5.41, 5.74) is 19.5. The molecule has 0 spiro atoms. The maximum absolute atomic E-state index is 11.2. The zero-order valence-corrected chi connectivity index (χ0v) is 46.8. The number of aliphatic hydroxyl groups excluding tert-OH is 1. The first kappa shape index (κ1) is 67.5. The largest absolute Gasteiger partial charge is 0.513 e. The molecule has 5 aliphatic carbocycles. The quantitative estimate of drug-likeness (QED) is 0.0547. The molecular formula is C62H109FN4O2. The Morgan fingerprint density at radius 1 is 0.928 bits per heavy atom. The molecule has 0 aromatic heterocycles. The summed E-state index contributed by atoms with van der Waals surface area (Å²) in [5, 5.41) is 18.6. The minimum Gasteiger partial charge on any atom is -0.513 e.